The van der Waals surface area contributed by atoms with Crippen LogP contribution in [-0.4, -0.2) is 71.5 Å². The Morgan fingerprint density at radius 1 is 0.917 bits per heavy atom. The molecule has 0 saturated heterocycles. The molecule has 0 aliphatic carbocycles. The van der Waals surface area contributed by atoms with E-state index in [1.54, 1.807) is 18.2 Å². The van der Waals surface area contributed by atoms with E-state index in [0.717, 1.165) is 0 Å². The molecule has 0 fully saturated rings. The zero-order chi connectivity index (χ0) is 35.6. The second-order valence-corrected chi connectivity index (χ2v) is 11.1. The van der Waals surface area contributed by atoms with Gasteiger partial charge in [-0.25, -0.2) is 9.78 Å². The van der Waals surface area contributed by atoms with Gasteiger partial charge >= 0.3 is 12.1 Å². The third-order valence-corrected chi connectivity index (χ3v) is 7.01. The monoisotopic (exact) mass is 692 g/mol. The standard InChI is InChI=1S/C32H32ClF3N4O8/c1-17(2)26(28(43)32(34,35)36)39-31(46)27(19-10-12-21(47-3)13-11-19)40-30(45)23(15-18-6-4-7-20(33)14-18)38-29(44)22-8-5-9-24(37-22)48-16-25(41)42/h4-14,17,23,26-27H,15-16H2,1-3H3,(H,38,44)(H,39,46)(H,40,45)(H,41,42). The van der Waals surface area contributed by atoms with Crippen LogP contribution in [-0.2, 0) is 25.6 Å². The molecule has 12 nitrogen and oxygen atoms in total. The van der Waals surface area contributed by atoms with E-state index >= 15 is 0 Å². The Hall–Kier alpha value is -5.18. The number of methoxy groups -OCH3 is 1. The zero-order valence-corrected chi connectivity index (χ0v) is 26.6. The lowest BCUT2D eigenvalue weighted by molar-refractivity contribution is -0.175. The summed E-state index contributed by atoms with van der Waals surface area (Å²) < 4.78 is 50.2. The number of hydrogen-bond acceptors (Lipinski definition) is 8. The Balaban J connectivity index is 1.97. The Bertz CT molecular complexity index is 1640. The highest BCUT2D eigenvalue weighted by Gasteiger charge is 2.45. The van der Waals surface area contributed by atoms with Crippen molar-refractivity contribution in [3.63, 3.8) is 0 Å². The first-order chi connectivity index (χ1) is 22.6. The number of Topliss-reactive ketones (excluding diaryl/α,β-unsaturated/α-hetero) is 1. The van der Waals surface area contributed by atoms with E-state index < -0.39 is 66.3 Å². The number of alkyl halides is 3. The predicted molar refractivity (Wildman–Crippen MR) is 165 cm³/mol. The van der Waals surface area contributed by atoms with Crippen LogP contribution in [0.3, 0.4) is 0 Å². The van der Waals surface area contributed by atoms with Gasteiger partial charge in [-0.2, -0.15) is 13.2 Å². The predicted octanol–water partition coefficient (Wildman–Crippen LogP) is 3.68. The molecule has 0 bridgehead atoms. The molecule has 0 spiro atoms. The highest BCUT2D eigenvalue weighted by atomic mass is 35.5. The second-order valence-electron chi connectivity index (χ2n) is 10.7. The molecular weight excluding hydrogens is 661 g/mol. The van der Waals surface area contributed by atoms with Crippen molar-refractivity contribution < 1.29 is 51.7 Å². The van der Waals surface area contributed by atoms with Crippen molar-refractivity contribution in [2.24, 2.45) is 5.92 Å². The molecule has 3 unspecified atom stereocenters. The Morgan fingerprint density at radius 2 is 1.58 bits per heavy atom. The third-order valence-electron chi connectivity index (χ3n) is 6.77. The number of aliphatic carboxylic acids is 1. The van der Waals surface area contributed by atoms with Gasteiger partial charge in [0.2, 0.25) is 17.7 Å². The number of carboxylic acids is 1. The van der Waals surface area contributed by atoms with Crippen molar-refractivity contribution in [3.05, 3.63) is 88.6 Å². The number of nitrogens with zero attached hydrogens (tertiary/aromatic N) is 1. The number of carbonyl (C=O) groups is 5. The quantitative estimate of drug-likeness (QED) is 0.185. The van der Waals surface area contributed by atoms with Gasteiger partial charge < -0.3 is 30.5 Å². The Morgan fingerprint density at radius 3 is 2.17 bits per heavy atom. The summed E-state index contributed by atoms with van der Waals surface area (Å²) in [7, 11) is 1.39. The van der Waals surface area contributed by atoms with E-state index in [-0.39, 0.29) is 23.6 Å². The number of amides is 3. The molecule has 1 aromatic heterocycles. The molecule has 1 heterocycles. The lowest BCUT2D eigenvalue weighted by Gasteiger charge is -2.27. The fourth-order valence-electron chi connectivity index (χ4n) is 4.39. The minimum Gasteiger partial charge on any atom is -0.497 e. The molecule has 4 N–H and O–H groups in total. The Labute approximate surface area is 278 Å². The number of benzene rings is 2. The van der Waals surface area contributed by atoms with Crippen LogP contribution in [0.4, 0.5) is 13.2 Å². The summed E-state index contributed by atoms with van der Waals surface area (Å²) in [6.07, 6.45) is -5.40. The highest BCUT2D eigenvalue weighted by molar-refractivity contribution is 6.30. The van der Waals surface area contributed by atoms with Crippen molar-refractivity contribution in [1.82, 2.24) is 20.9 Å². The summed E-state index contributed by atoms with van der Waals surface area (Å²) in [6, 6.07) is 11.1. The summed E-state index contributed by atoms with van der Waals surface area (Å²) in [5.41, 5.74) is 0.383. The van der Waals surface area contributed by atoms with Gasteiger partial charge in [-0.1, -0.05) is 55.8 Å². The molecule has 256 valence electrons. The summed E-state index contributed by atoms with van der Waals surface area (Å²) in [5.74, 6) is -7.13. The van der Waals surface area contributed by atoms with E-state index in [2.05, 4.69) is 20.9 Å². The number of carboxylic acid groups (broad SMARTS) is 1. The largest absolute Gasteiger partial charge is 0.497 e. The molecule has 0 aliphatic heterocycles. The molecule has 48 heavy (non-hydrogen) atoms. The van der Waals surface area contributed by atoms with Crippen LogP contribution in [0.5, 0.6) is 11.6 Å². The maximum absolute atomic E-state index is 13.8. The SMILES string of the molecule is COc1ccc(C(NC(=O)C(Cc2cccc(Cl)c2)NC(=O)c2cccc(OCC(=O)O)n2)C(=O)NC(C(=O)C(F)(F)F)C(C)C)cc1. The van der Waals surface area contributed by atoms with Gasteiger partial charge in [-0.15, -0.1) is 0 Å². The highest BCUT2D eigenvalue weighted by Crippen LogP contribution is 2.24. The molecule has 0 aliphatic rings. The number of ketones is 1. The van der Waals surface area contributed by atoms with E-state index in [9.17, 15) is 37.1 Å². The smallest absolute Gasteiger partial charge is 0.452 e. The molecule has 0 radical (unpaired) electrons. The molecule has 16 heteroatoms. The van der Waals surface area contributed by atoms with E-state index in [1.807, 2.05) is 0 Å². The average Bonchev–Trinajstić information content (AvgIpc) is 3.04. The van der Waals surface area contributed by atoms with Crippen LogP contribution < -0.4 is 25.4 Å². The maximum atomic E-state index is 13.8. The molecule has 3 amide bonds. The molecule has 3 atom stereocenters. The van der Waals surface area contributed by atoms with Crippen LogP contribution in [0.1, 0.15) is 41.5 Å². The van der Waals surface area contributed by atoms with Gasteiger partial charge in [0.1, 0.15) is 23.5 Å². The van der Waals surface area contributed by atoms with E-state index in [1.165, 1.54) is 69.5 Å². The molecule has 3 rings (SSSR count). The molecule has 0 saturated carbocycles. The zero-order valence-electron chi connectivity index (χ0n) is 25.8. The van der Waals surface area contributed by atoms with Gasteiger partial charge in [0, 0.05) is 17.5 Å². The number of nitrogens with one attached hydrogen (secondary N) is 3. The van der Waals surface area contributed by atoms with E-state index in [4.69, 9.17) is 26.2 Å². The summed E-state index contributed by atoms with van der Waals surface area (Å²) in [6.45, 7) is 1.92. The van der Waals surface area contributed by atoms with Crippen LogP contribution in [0.25, 0.3) is 0 Å². The van der Waals surface area contributed by atoms with Crippen LogP contribution >= 0.6 is 11.6 Å². The maximum Gasteiger partial charge on any atom is 0.452 e. The van der Waals surface area contributed by atoms with Crippen molar-refractivity contribution in [2.75, 3.05) is 13.7 Å². The minimum atomic E-state index is -5.24. The third kappa shape index (κ3) is 10.7. The average molecular weight is 693 g/mol. The first-order valence-electron chi connectivity index (χ1n) is 14.3. The molecule has 2 aromatic carbocycles. The summed E-state index contributed by atoms with van der Waals surface area (Å²) in [5, 5.41) is 16.3. The van der Waals surface area contributed by atoms with Gasteiger partial charge in [-0.3, -0.25) is 19.2 Å². The number of ether oxygens (including phenoxy) is 2. The molecular formula is C32H32ClF3N4O8. The van der Waals surface area contributed by atoms with Crippen LogP contribution in [0.15, 0.2) is 66.7 Å². The van der Waals surface area contributed by atoms with E-state index in [0.29, 0.717) is 16.3 Å². The number of pyridine rings is 1. The van der Waals surface area contributed by atoms with Gasteiger partial charge in [0.05, 0.1) is 13.2 Å². The van der Waals surface area contributed by atoms with Crippen LogP contribution in [0.2, 0.25) is 5.02 Å². The first-order valence-corrected chi connectivity index (χ1v) is 14.7. The first kappa shape index (κ1) is 37.3. The lowest BCUT2D eigenvalue weighted by atomic mass is 9.97. The fraction of sp³-hybridized carbons (Fsp3) is 0.312. The van der Waals surface area contributed by atoms with Crippen molar-refractivity contribution >= 4 is 41.1 Å². The number of aromatic nitrogens is 1. The van der Waals surface area contributed by atoms with Gasteiger partial charge in [0.15, 0.2) is 6.61 Å². The summed E-state index contributed by atoms with van der Waals surface area (Å²) >= 11 is 6.12. The number of halogens is 4. The van der Waals surface area contributed by atoms with Crippen LogP contribution in [0, 0.1) is 5.92 Å². The minimum absolute atomic E-state index is 0.126. The Kier molecular flexibility index (Phi) is 12.9. The number of carbonyl (C=O) groups excluding carboxylic acids is 4. The van der Waals surface area contributed by atoms with Crippen molar-refractivity contribution in [3.8, 4) is 11.6 Å². The van der Waals surface area contributed by atoms with Gasteiger partial charge in [-0.05, 0) is 47.4 Å². The normalized spacial score (nSPS) is 13.1. The topological polar surface area (TPSA) is 173 Å². The van der Waals surface area contributed by atoms with Gasteiger partial charge in [0.25, 0.3) is 11.7 Å². The van der Waals surface area contributed by atoms with Crippen molar-refractivity contribution in [2.45, 2.75) is 44.6 Å². The lowest BCUT2D eigenvalue weighted by Crippen LogP contribution is -2.55. The molecule has 3 aromatic rings. The van der Waals surface area contributed by atoms with Crippen molar-refractivity contribution in [1.29, 1.82) is 0 Å². The number of hydrogen-bond donors (Lipinski definition) is 4. The summed E-state index contributed by atoms with van der Waals surface area (Å²) in [4.78, 5) is 67.6. The second kappa shape index (κ2) is 16.6. The fourth-order valence-corrected chi connectivity index (χ4v) is 4.60. The number of rotatable bonds is 15.